The number of halogens is 3. The zero-order chi connectivity index (χ0) is 13.8. The largest absolute Gasteiger partial charge is 0.416 e. The van der Waals surface area contributed by atoms with E-state index in [0.717, 1.165) is 12.1 Å². The highest BCUT2D eigenvalue weighted by molar-refractivity contribution is 7.83. The number of nitrogens with one attached hydrogen (secondary N) is 1. The average molecular weight is 280 g/mol. The minimum Gasteiger partial charge on any atom is -0.370 e. The van der Waals surface area contributed by atoms with Gasteiger partial charge in [0, 0.05) is 13.0 Å². The van der Waals surface area contributed by atoms with E-state index in [4.69, 9.17) is 5.73 Å². The number of primary amides is 1. The Hall–Kier alpha value is -1.41. The van der Waals surface area contributed by atoms with E-state index in [0.29, 0.717) is 0 Å². The first-order valence-electron chi connectivity index (χ1n) is 4.91. The van der Waals surface area contributed by atoms with Gasteiger partial charge in [-0.05, 0) is 18.2 Å². The fraction of sp³-hybridized carbons (Fsp3) is 0.300. The summed E-state index contributed by atoms with van der Waals surface area (Å²) in [6.45, 7) is 0.0399. The molecule has 0 heterocycles. The van der Waals surface area contributed by atoms with Gasteiger partial charge in [0.15, 0.2) is 0 Å². The molecule has 1 aromatic rings. The Bertz CT molecular complexity index is 463. The minimum atomic E-state index is -4.48. The van der Waals surface area contributed by atoms with Crippen LogP contribution in [0.4, 0.5) is 13.2 Å². The third-order valence-electron chi connectivity index (χ3n) is 1.98. The lowest BCUT2D eigenvalue weighted by Crippen LogP contribution is -2.24. The standard InChI is InChI=1S/C10H11F3N2O2S/c11-10(12,13)7-2-1-3-8(6-7)18(17)15-5-4-9(14)16/h1-3,6,15H,4-5H2,(H2,14,16). The number of hydrogen-bond donors (Lipinski definition) is 2. The second-order valence-electron chi connectivity index (χ2n) is 3.40. The molecule has 0 saturated heterocycles. The SMILES string of the molecule is NC(=O)CCNS(=O)c1cccc(C(F)(F)F)c1. The lowest BCUT2D eigenvalue weighted by Gasteiger charge is -2.08. The van der Waals surface area contributed by atoms with Crippen LogP contribution in [0.2, 0.25) is 0 Å². The van der Waals surface area contributed by atoms with Crippen LogP contribution in [-0.4, -0.2) is 16.7 Å². The third kappa shape index (κ3) is 4.46. The zero-order valence-electron chi connectivity index (χ0n) is 9.16. The van der Waals surface area contributed by atoms with Gasteiger partial charge in [0.1, 0.15) is 11.0 Å². The molecule has 0 saturated carbocycles. The molecule has 18 heavy (non-hydrogen) atoms. The molecule has 3 N–H and O–H groups in total. The number of alkyl halides is 3. The number of hydrogen-bond acceptors (Lipinski definition) is 2. The highest BCUT2D eigenvalue weighted by Crippen LogP contribution is 2.29. The van der Waals surface area contributed by atoms with Crippen LogP contribution in [0.25, 0.3) is 0 Å². The summed E-state index contributed by atoms with van der Waals surface area (Å²) < 4.78 is 51.2. The van der Waals surface area contributed by atoms with Crippen LogP contribution in [0.5, 0.6) is 0 Å². The molecule has 1 atom stereocenters. The van der Waals surface area contributed by atoms with Crippen LogP contribution in [0.3, 0.4) is 0 Å². The molecule has 0 aromatic heterocycles. The monoisotopic (exact) mass is 280 g/mol. The molecule has 4 nitrogen and oxygen atoms in total. The molecule has 100 valence electrons. The predicted molar refractivity (Wildman–Crippen MR) is 59.7 cm³/mol. The van der Waals surface area contributed by atoms with Gasteiger partial charge in [-0.15, -0.1) is 0 Å². The summed E-state index contributed by atoms with van der Waals surface area (Å²) in [5, 5.41) is 0. The van der Waals surface area contributed by atoms with Crippen LogP contribution >= 0.6 is 0 Å². The summed E-state index contributed by atoms with van der Waals surface area (Å²) in [6, 6.07) is 4.17. The number of carbonyl (C=O) groups excluding carboxylic acids is 1. The van der Waals surface area contributed by atoms with Gasteiger partial charge in [0.2, 0.25) is 5.91 Å². The molecule has 0 bridgehead atoms. The van der Waals surface area contributed by atoms with Gasteiger partial charge in [-0.25, -0.2) is 8.93 Å². The van der Waals surface area contributed by atoms with Crippen molar-refractivity contribution >= 4 is 16.9 Å². The summed E-state index contributed by atoms with van der Waals surface area (Å²) in [5.74, 6) is -0.580. The van der Waals surface area contributed by atoms with Crippen molar-refractivity contribution in [2.45, 2.75) is 17.5 Å². The van der Waals surface area contributed by atoms with Gasteiger partial charge in [0.25, 0.3) is 0 Å². The first-order valence-corrected chi connectivity index (χ1v) is 6.06. The Balaban J connectivity index is 2.72. The fourth-order valence-corrected chi connectivity index (χ4v) is 2.03. The van der Waals surface area contributed by atoms with Crippen LogP contribution in [-0.2, 0) is 22.0 Å². The number of carbonyl (C=O) groups is 1. The van der Waals surface area contributed by atoms with Gasteiger partial charge < -0.3 is 5.73 Å². The highest BCUT2D eigenvalue weighted by Gasteiger charge is 2.30. The topological polar surface area (TPSA) is 72.2 Å². The fourth-order valence-electron chi connectivity index (χ4n) is 1.14. The molecule has 0 fully saturated rings. The van der Waals surface area contributed by atoms with Crippen LogP contribution in [0.1, 0.15) is 12.0 Å². The Morgan fingerprint density at radius 3 is 2.61 bits per heavy atom. The zero-order valence-corrected chi connectivity index (χ0v) is 9.98. The van der Waals surface area contributed by atoms with Gasteiger partial charge in [-0.1, -0.05) is 6.07 Å². The Kier molecular flexibility index (Phi) is 4.85. The number of rotatable bonds is 5. The van der Waals surface area contributed by atoms with Crippen molar-refractivity contribution in [1.29, 1.82) is 0 Å². The average Bonchev–Trinajstić information content (AvgIpc) is 2.27. The molecule has 1 unspecified atom stereocenters. The Morgan fingerprint density at radius 1 is 1.39 bits per heavy atom. The molecule has 0 radical (unpaired) electrons. The normalized spacial score (nSPS) is 13.3. The van der Waals surface area contributed by atoms with E-state index in [9.17, 15) is 22.2 Å². The number of nitrogens with two attached hydrogens (primary N) is 1. The molecule has 1 aromatic carbocycles. The molecule has 1 amide bonds. The summed E-state index contributed by atoms with van der Waals surface area (Å²) in [5.41, 5.74) is 4.00. The van der Waals surface area contributed by atoms with Crippen molar-refractivity contribution in [3.63, 3.8) is 0 Å². The smallest absolute Gasteiger partial charge is 0.370 e. The van der Waals surface area contributed by atoms with Crippen molar-refractivity contribution < 1.29 is 22.2 Å². The molecule has 0 aliphatic heterocycles. The summed E-state index contributed by atoms with van der Waals surface area (Å²) in [7, 11) is -1.80. The van der Waals surface area contributed by atoms with E-state index in [1.165, 1.54) is 12.1 Å². The summed E-state index contributed by atoms with van der Waals surface area (Å²) in [6.07, 6.45) is -4.52. The molecular weight excluding hydrogens is 269 g/mol. The first-order chi connectivity index (χ1) is 8.30. The summed E-state index contributed by atoms with van der Waals surface area (Å²) in [4.78, 5) is 10.4. The highest BCUT2D eigenvalue weighted by atomic mass is 32.2. The van der Waals surface area contributed by atoms with Crippen LogP contribution in [0.15, 0.2) is 29.2 Å². The lowest BCUT2D eigenvalue weighted by molar-refractivity contribution is -0.137. The molecule has 0 aliphatic carbocycles. The quantitative estimate of drug-likeness (QED) is 0.850. The lowest BCUT2D eigenvalue weighted by atomic mass is 10.2. The second-order valence-corrected chi connectivity index (χ2v) is 4.70. The van der Waals surface area contributed by atoms with E-state index in [1.807, 2.05) is 0 Å². The van der Waals surface area contributed by atoms with Crippen LogP contribution < -0.4 is 10.5 Å². The van der Waals surface area contributed by atoms with Crippen molar-refractivity contribution in [2.24, 2.45) is 5.73 Å². The van der Waals surface area contributed by atoms with Crippen molar-refractivity contribution in [1.82, 2.24) is 4.72 Å². The van der Waals surface area contributed by atoms with Crippen molar-refractivity contribution in [3.8, 4) is 0 Å². The van der Waals surface area contributed by atoms with E-state index >= 15 is 0 Å². The maximum Gasteiger partial charge on any atom is 0.416 e. The maximum atomic E-state index is 12.4. The third-order valence-corrected chi connectivity index (χ3v) is 3.13. The van der Waals surface area contributed by atoms with Crippen LogP contribution in [0, 0.1) is 0 Å². The Labute approximate surface area is 104 Å². The van der Waals surface area contributed by atoms with Gasteiger partial charge in [-0.2, -0.15) is 13.2 Å². The van der Waals surface area contributed by atoms with Gasteiger partial charge >= 0.3 is 6.18 Å². The van der Waals surface area contributed by atoms with Crippen molar-refractivity contribution in [2.75, 3.05) is 6.54 Å². The number of benzene rings is 1. The van der Waals surface area contributed by atoms with E-state index in [-0.39, 0.29) is 17.9 Å². The Morgan fingerprint density at radius 2 is 2.06 bits per heavy atom. The predicted octanol–water partition coefficient (Wildman–Crippen LogP) is 1.19. The minimum absolute atomic E-state index is 0.00528. The molecule has 8 heteroatoms. The molecular formula is C10H11F3N2O2S. The van der Waals surface area contributed by atoms with Gasteiger partial charge in [0.05, 0.1) is 10.5 Å². The van der Waals surface area contributed by atoms with E-state index < -0.39 is 28.6 Å². The van der Waals surface area contributed by atoms with E-state index in [2.05, 4.69) is 4.72 Å². The molecule has 0 aliphatic rings. The second kappa shape index (κ2) is 5.96. The van der Waals surface area contributed by atoms with Crippen molar-refractivity contribution in [3.05, 3.63) is 29.8 Å². The molecule has 0 spiro atoms. The van der Waals surface area contributed by atoms with E-state index in [1.54, 1.807) is 0 Å². The first kappa shape index (κ1) is 14.7. The van der Waals surface area contributed by atoms with Gasteiger partial charge in [-0.3, -0.25) is 4.79 Å². The molecule has 1 rings (SSSR count). The number of amides is 1. The maximum absolute atomic E-state index is 12.4. The summed E-state index contributed by atoms with van der Waals surface area (Å²) >= 11 is 0.